The maximum Gasteiger partial charge on any atom is 0.0397 e. The number of nitrogens with zero attached hydrogens (tertiary/aromatic N) is 2. The minimum atomic E-state index is 0.670. The van der Waals surface area contributed by atoms with Crippen LogP contribution in [0.5, 0.6) is 0 Å². The molecule has 1 saturated carbocycles. The molecule has 0 atom stereocenters. The molecule has 3 rings (SSSR count). The third-order valence-electron chi connectivity index (χ3n) is 4.82. The second kappa shape index (κ2) is 6.37. The van der Waals surface area contributed by atoms with Gasteiger partial charge in [-0.25, -0.2) is 0 Å². The Labute approximate surface area is 129 Å². The topological polar surface area (TPSA) is 18.5 Å². The van der Waals surface area contributed by atoms with Gasteiger partial charge in [-0.3, -0.25) is 4.90 Å². The number of anilines is 1. The number of hydrogen-bond donors (Lipinski definition) is 1. The van der Waals surface area contributed by atoms with Gasteiger partial charge in [0, 0.05) is 50.5 Å². The standard InChI is InChI=1S/C18H29N3/c1-14(2)20-8-10-21(11-9-20)18-7-4-16(12-15(18)3)13-19-17-5-6-17/h4,7,12,14,17,19H,5-6,8-11,13H2,1-3H3. The first kappa shape index (κ1) is 14.9. The summed E-state index contributed by atoms with van der Waals surface area (Å²) in [4.78, 5) is 5.12. The zero-order valence-corrected chi connectivity index (χ0v) is 13.7. The predicted octanol–water partition coefficient (Wildman–Crippen LogP) is 2.78. The van der Waals surface area contributed by atoms with E-state index in [1.807, 2.05) is 0 Å². The number of piperazine rings is 1. The Morgan fingerprint density at radius 3 is 2.43 bits per heavy atom. The molecule has 0 bridgehead atoms. The van der Waals surface area contributed by atoms with Crippen LogP contribution in [0.3, 0.4) is 0 Å². The quantitative estimate of drug-likeness (QED) is 0.898. The molecule has 0 aromatic heterocycles. The van der Waals surface area contributed by atoms with Crippen molar-refractivity contribution in [1.82, 2.24) is 10.2 Å². The molecular weight excluding hydrogens is 258 g/mol. The van der Waals surface area contributed by atoms with Gasteiger partial charge < -0.3 is 10.2 Å². The molecule has 1 aliphatic heterocycles. The highest BCUT2D eigenvalue weighted by Gasteiger charge is 2.21. The third kappa shape index (κ3) is 3.78. The molecule has 1 aliphatic carbocycles. The molecular formula is C18H29N3. The van der Waals surface area contributed by atoms with Crippen LogP contribution in [0.4, 0.5) is 5.69 Å². The lowest BCUT2D eigenvalue weighted by Gasteiger charge is -2.38. The van der Waals surface area contributed by atoms with E-state index in [1.54, 1.807) is 0 Å². The largest absolute Gasteiger partial charge is 0.369 e. The highest BCUT2D eigenvalue weighted by Crippen LogP contribution is 2.24. The average molecular weight is 287 g/mol. The third-order valence-corrected chi connectivity index (χ3v) is 4.82. The normalized spacial score (nSPS) is 20.3. The highest BCUT2D eigenvalue weighted by atomic mass is 15.3. The average Bonchev–Trinajstić information content (AvgIpc) is 3.29. The van der Waals surface area contributed by atoms with Gasteiger partial charge in [-0.1, -0.05) is 12.1 Å². The predicted molar refractivity (Wildman–Crippen MR) is 90.0 cm³/mol. The molecule has 116 valence electrons. The van der Waals surface area contributed by atoms with Crippen molar-refractivity contribution in [2.45, 2.75) is 52.2 Å². The molecule has 0 spiro atoms. The van der Waals surface area contributed by atoms with Crippen LogP contribution in [0.2, 0.25) is 0 Å². The van der Waals surface area contributed by atoms with Crippen LogP contribution >= 0.6 is 0 Å². The van der Waals surface area contributed by atoms with Crippen molar-refractivity contribution in [2.75, 3.05) is 31.1 Å². The molecule has 2 fully saturated rings. The fourth-order valence-corrected chi connectivity index (χ4v) is 3.21. The van der Waals surface area contributed by atoms with Crippen molar-refractivity contribution in [2.24, 2.45) is 0 Å². The summed E-state index contributed by atoms with van der Waals surface area (Å²) in [5, 5.41) is 3.60. The van der Waals surface area contributed by atoms with Gasteiger partial charge in [0.1, 0.15) is 0 Å². The summed E-state index contributed by atoms with van der Waals surface area (Å²) in [5.41, 5.74) is 4.26. The van der Waals surface area contributed by atoms with E-state index in [1.165, 1.54) is 42.7 Å². The zero-order valence-electron chi connectivity index (χ0n) is 13.7. The lowest BCUT2D eigenvalue weighted by molar-refractivity contribution is 0.209. The van der Waals surface area contributed by atoms with Gasteiger partial charge in [0.15, 0.2) is 0 Å². The smallest absolute Gasteiger partial charge is 0.0397 e. The molecule has 1 aromatic carbocycles. The molecule has 3 nitrogen and oxygen atoms in total. The molecule has 2 aliphatic rings. The van der Waals surface area contributed by atoms with Crippen molar-refractivity contribution in [3.05, 3.63) is 29.3 Å². The zero-order chi connectivity index (χ0) is 14.8. The van der Waals surface area contributed by atoms with E-state index in [0.717, 1.165) is 25.7 Å². The van der Waals surface area contributed by atoms with Crippen molar-refractivity contribution in [1.29, 1.82) is 0 Å². The van der Waals surface area contributed by atoms with Crippen LogP contribution < -0.4 is 10.2 Å². The lowest BCUT2D eigenvalue weighted by atomic mass is 10.1. The van der Waals surface area contributed by atoms with Crippen molar-refractivity contribution in [3.63, 3.8) is 0 Å². The van der Waals surface area contributed by atoms with E-state index >= 15 is 0 Å². The summed E-state index contributed by atoms with van der Waals surface area (Å²) in [6.45, 7) is 12.5. The van der Waals surface area contributed by atoms with E-state index < -0.39 is 0 Å². The molecule has 0 unspecified atom stereocenters. The molecule has 0 amide bonds. The Bertz CT molecular complexity index is 471. The van der Waals surface area contributed by atoms with Crippen LogP contribution in [0.25, 0.3) is 0 Å². The molecule has 1 N–H and O–H groups in total. The van der Waals surface area contributed by atoms with Crippen LogP contribution in [0.15, 0.2) is 18.2 Å². The van der Waals surface area contributed by atoms with E-state index in [-0.39, 0.29) is 0 Å². The number of aryl methyl sites for hydroxylation is 1. The SMILES string of the molecule is Cc1cc(CNC2CC2)ccc1N1CCN(C(C)C)CC1. The van der Waals surface area contributed by atoms with Crippen LogP contribution in [0, 0.1) is 6.92 Å². The Hall–Kier alpha value is -1.06. The number of hydrogen-bond acceptors (Lipinski definition) is 3. The van der Waals surface area contributed by atoms with E-state index in [9.17, 15) is 0 Å². The first-order valence-corrected chi connectivity index (χ1v) is 8.45. The maximum absolute atomic E-state index is 3.60. The first-order valence-electron chi connectivity index (χ1n) is 8.45. The summed E-state index contributed by atoms with van der Waals surface area (Å²) < 4.78 is 0. The summed E-state index contributed by atoms with van der Waals surface area (Å²) >= 11 is 0. The Morgan fingerprint density at radius 1 is 1.14 bits per heavy atom. The molecule has 1 heterocycles. The number of benzene rings is 1. The number of rotatable bonds is 5. The fourth-order valence-electron chi connectivity index (χ4n) is 3.21. The Balaban J connectivity index is 1.60. The van der Waals surface area contributed by atoms with Crippen molar-refractivity contribution in [3.8, 4) is 0 Å². The molecule has 0 radical (unpaired) electrons. The molecule has 1 saturated heterocycles. The van der Waals surface area contributed by atoms with Gasteiger partial charge in [-0.15, -0.1) is 0 Å². The van der Waals surface area contributed by atoms with E-state index in [0.29, 0.717) is 6.04 Å². The molecule has 3 heteroatoms. The number of nitrogens with one attached hydrogen (secondary N) is 1. The highest BCUT2D eigenvalue weighted by molar-refractivity contribution is 5.54. The summed E-state index contributed by atoms with van der Waals surface area (Å²) in [7, 11) is 0. The van der Waals surface area contributed by atoms with Gasteiger partial charge in [-0.2, -0.15) is 0 Å². The Kier molecular flexibility index (Phi) is 4.51. The summed E-state index contributed by atoms with van der Waals surface area (Å²) in [5.74, 6) is 0. The van der Waals surface area contributed by atoms with Gasteiger partial charge in [-0.05, 0) is 50.8 Å². The van der Waals surface area contributed by atoms with Gasteiger partial charge in [0.05, 0.1) is 0 Å². The second-order valence-electron chi connectivity index (χ2n) is 6.89. The van der Waals surface area contributed by atoms with Crippen molar-refractivity contribution < 1.29 is 0 Å². The van der Waals surface area contributed by atoms with Crippen LogP contribution in [0.1, 0.15) is 37.8 Å². The fraction of sp³-hybridized carbons (Fsp3) is 0.667. The van der Waals surface area contributed by atoms with Gasteiger partial charge in [0.2, 0.25) is 0 Å². The Morgan fingerprint density at radius 2 is 1.86 bits per heavy atom. The van der Waals surface area contributed by atoms with Crippen LogP contribution in [-0.2, 0) is 6.54 Å². The van der Waals surface area contributed by atoms with Gasteiger partial charge in [0.25, 0.3) is 0 Å². The van der Waals surface area contributed by atoms with E-state index in [2.05, 4.69) is 54.1 Å². The van der Waals surface area contributed by atoms with E-state index in [4.69, 9.17) is 0 Å². The minimum Gasteiger partial charge on any atom is -0.369 e. The molecule has 21 heavy (non-hydrogen) atoms. The second-order valence-corrected chi connectivity index (χ2v) is 6.89. The van der Waals surface area contributed by atoms with Gasteiger partial charge >= 0.3 is 0 Å². The van der Waals surface area contributed by atoms with Crippen LogP contribution in [-0.4, -0.2) is 43.2 Å². The summed E-state index contributed by atoms with van der Waals surface area (Å²) in [6.07, 6.45) is 2.72. The first-order chi connectivity index (χ1) is 10.1. The lowest BCUT2D eigenvalue weighted by Crippen LogP contribution is -2.49. The molecule has 1 aromatic rings. The summed E-state index contributed by atoms with van der Waals surface area (Å²) in [6, 6.07) is 8.44. The maximum atomic E-state index is 3.60. The minimum absolute atomic E-state index is 0.670. The van der Waals surface area contributed by atoms with Crippen molar-refractivity contribution >= 4 is 5.69 Å². The monoisotopic (exact) mass is 287 g/mol.